The van der Waals surface area contributed by atoms with Gasteiger partial charge in [-0.25, -0.2) is 4.98 Å². The lowest BCUT2D eigenvalue weighted by atomic mass is 10.3. The molecule has 1 aromatic heterocycles. The van der Waals surface area contributed by atoms with Crippen LogP contribution in [-0.2, 0) is 5.75 Å². The molecule has 0 radical (unpaired) electrons. The van der Waals surface area contributed by atoms with Crippen LogP contribution >= 0.6 is 11.8 Å². The van der Waals surface area contributed by atoms with Crippen LogP contribution in [0.25, 0.3) is 0 Å². The van der Waals surface area contributed by atoms with Gasteiger partial charge in [-0.2, -0.15) is 11.8 Å². The second-order valence-electron chi connectivity index (χ2n) is 3.21. The fourth-order valence-electron chi connectivity index (χ4n) is 1.44. The summed E-state index contributed by atoms with van der Waals surface area (Å²) in [6.07, 6.45) is 4.06. The van der Waals surface area contributed by atoms with E-state index in [2.05, 4.69) is 36.6 Å². The van der Waals surface area contributed by atoms with E-state index in [1.807, 2.05) is 18.0 Å². The van der Waals surface area contributed by atoms with Crippen molar-refractivity contribution >= 4 is 11.8 Å². The Morgan fingerprint density at radius 3 is 2.75 bits per heavy atom. The summed E-state index contributed by atoms with van der Waals surface area (Å²) in [6, 6.07) is 0.523. The van der Waals surface area contributed by atoms with E-state index in [0.29, 0.717) is 6.04 Å². The number of aryl methyl sites for hydroxylation is 1. The lowest BCUT2D eigenvalue weighted by molar-refractivity contribution is 0.567. The third-order valence-corrected chi connectivity index (χ3v) is 2.40. The van der Waals surface area contributed by atoms with Gasteiger partial charge in [-0.05, 0) is 27.0 Å². The molecule has 0 aliphatic heterocycles. The summed E-state index contributed by atoms with van der Waals surface area (Å²) in [6.45, 7) is 6.49. The zero-order chi connectivity index (χ0) is 9.14. The molecule has 0 atom stereocenters. The highest BCUT2D eigenvalue weighted by Gasteiger charge is 2.08. The van der Waals surface area contributed by atoms with Gasteiger partial charge in [0.2, 0.25) is 0 Å². The van der Waals surface area contributed by atoms with Gasteiger partial charge in [-0.3, -0.25) is 0 Å². The minimum absolute atomic E-state index is 0.523. The predicted molar refractivity (Wildman–Crippen MR) is 54.6 cm³/mol. The average molecular weight is 184 g/mol. The summed E-state index contributed by atoms with van der Waals surface area (Å²) < 4.78 is 2.29. The first kappa shape index (κ1) is 9.65. The van der Waals surface area contributed by atoms with Gasteiger partial charge in [0.15, 0.2) is 0 Å². The summed E-state index contributed by atoms with van der Waals surface area (Å²) >= 11 is 1.82. The Morgan fingerprint density at radius 2 is 2.25 bits per heavy atom. The number of nitrogens with zero attached hydrogens (tertiary/aromatic N) is 2. The van der Waals surface area contributed by atoms with Crippen molar-refractivity contribution in [3.8, 4) is 0 Å². The quantitative estimate of drug-likeness (QED) is 0.718. The molecule has 0 spiro atoms. The first-order chi connectivity index (χ1) is 5.66. The monoisotopic (exact) mass is 184 g/mol. The maximum Gasteiger partial charge on any atom is 0.119 e. The van der Waals surface area contributed by atoms with Crippen LogP contribution in [0.15, 0.2) is 6.20 Å². The van der Waals surface area contributed by atoms with Gasteiger partial charge < -0.3 is 4.57 Å². The van der Waals surface area contributed by atoms with E-state index >= 15 is 0 Å². The van der Waals surface area contributed by atoms with E-state index in [1.54, 1.807) is 0 Å². The maximum absolute atomic E-state index is 4.37. The third-order valence-electron chi connectivity index (χ3n) is 1.85. The summed E-state index contributed by atoms with van der Waals surface area (Å²) in [5.74, 6) is 2.20. The van der Waals surface area contributed by atoms with Crippen molar-refractivity contribution in [3.63, 3.8) is 0 Å². The topological polar surface area (TPSA) is 17.8 Å². The molecule has 1 rings (SSSR count). The van der Waals surface area contributed by atoms with E-state index in [0.717, 1.165) is 5.75 Å². The Balaban J connectivity index is 2.95. The Kier molecular flexibility index (Phi) is 3.20. The molecule has 0 unspecified atom stereocenters. The molecule has 0 saturated heterocycles. The Morgan fingerprint density at radius 1 is 1.58 bits per heavy atom. The molecule has 0 bridgehead atoms. The van der Waals surface area contributed by atoms with E-state index in [-0.39, 0.29) is 0 Å². The summed E-state index contributed by atoms with van der Waals surface area (Å²) in [7, 11) is 0. The van der Waals surface area contributed by atoms with Gasteiger partial charge in [-0.15, -0.1) is 0 Å². The van der Waals surface area contributed by atoms with Crippen LogP contribution in [0.4, 0.5) is 0 Å². The number of imidazole rings is 1. The van der Waals surface area contributed by atoms with Crippen molar-refractivity contribution < 1.29 is 0 Å². The number of hydrogen-bond acceptors (Lipinski definition) is 2. The normalized spacial score (nSPS) is 11.1. The number of aromatic nitrogens is 2. The molecule has 0 saturated carbocycles. The summed E-state index contributed by atoms with van der Waals surface area (Å²) in [5, 5.41) is 0. The van der Waals surface area contributed by atoms with Gasteiger partial charge in [0, 0.05) is 17.9 Å². The highest BCUT2D eigenvalue weighted by molar-refractivity contribution is 7.97. The molecule has 1 heterocycles. The second-order valence-corrected chi connectivity index (χ2v) is 4.08. The van der Waals surface area contributed by atoms with Gasteiger partial charge in [0.05, 0.1) is 5.75 Å². The smallest absolute Gasteiger partial charge is 0.119 e. The fourth-order valence-corrected chi connectivity index (χ4v) is 1.91. The zero-order valence-corrected chi connectivity index (χ0v) is 8.98. The molecule has 0 aromatic carbocycles. The maximum atomic E-state index is 4.37. The van der Waals surface area contributed by atoms with Crippen LogP contribution in [0.1, 0.15) is 31.4 Å². The molecule has 0 aliphatic carbocycles. The number of rotatable bonds is 3. The van der Waals surface area contributed by atoms with Gasteiger partial charge in [-0.1, -0.05) is 0 Å². The Bertz CT molecular complexity index is 253. The van der Waals surface area contributed by atoms with Crippen LogP contribution < -0.4 is 0 Å². The first-order valence-electron chi connectivity index (χ1n) is 4.18. The second kappa shape index (κ2) is 3.99. The van der Waals surface area contributed by atoms with Crippen LogP contribution in [-0.4, -0.2) is 15.8 Å². The molecule has 2 nitrogen and oxygen atoms in total. The van der Waals surface area contributed by atoms with Crippen LogP contribution in [0.2, 0.25) is 0 Å². The van der Waals surface area contributed by atoms with E-state index in [4.69, 9.17) is 0 Å². The molecule has 1 aromatic rings. The van der Waals surface area contributed by atoms with Crippen molar-refractivity contribution in [1.82, 2.24) is 9.55 Å². The standard InChI is InChI=1S/C9H16N2S/c1-7(2)11-8(3)5-10-9(11)6-12-4/h5,7H,6H2,1-4H3. The first-order valence-corrected chi connectivity index (χ1v) is 5.57. The molecule has 0 N–H and O–H groups in total. The van der Waals surface area contributed by atoms with E-state index < -0.39 is 0 Å². The molecule has 68 valence electrons. The van der Waals surface area contributed by atoms with Crippen molar-refractivity contribution in [2.45, 2.75) is 32.6 Å². The number of thioether (sulfide) groups is 1. The zero-order valence-electron chi connectivity index (χ0n) is 8.16. The van der Waals surface area contributed by atoms with Crippen molar-refractivity contribution in [1.29, 1.82) is 0 Å². The molecule has 12 heavy (non-hydrogen) atoms. The highest BCUT2D eigenvalue weighted by Crippen LogP contribution is 2.16. The van der Waals surface area contributed by atoms with Crippen LogP contribution in [0.5, 0.6) is 0 Å². The van der Waals surface area contributed by atoms with Crippen molar-refractivity contribution in [3.05, 3.63) is 17.7 Å². The lowest BCUT2D eigenvalue weighted by Crippen LogP contribution is -2.06. The van der Waals surface area contributed by atoms with Gasteiger partial charge >= 0.3 is 0 Å². The fraction of sp³-hybridized carbons (Fsp3) is 0.667. The van der Waals surface area contributed by atoms with Gasteiger partial charge in [0.25, 0.3) is 0 Å². The van der Waals surface area contributed by atoms with E-state index in [9.17, 15) is 0 Å². The van der Waals surface area contributed by atoms with E-state index in [1.165, 1.54) is 11.5 Å². The Labute approximate surface area is 78.4 Å². The van der Waals surface area contributed by atoms with Crippen LogP contribution in [0, 0.1) is 6.92 Å². The highest BCUT2D eigenvalue weighted by atomic mass is 32.2. The number of hydrogen-bond donors (Lipinski definition) is 0. The molecule has 0 amide bonds. The molecular formula is C9H16N2S. The predicted octanol–water partition coefficient (Wildman–Crippen LogP) is 2.64. The van der Waals surface area contributed by atoms with Crippen LogP contribution in [0.3, 0.4) is 0 Å². The summed E-state index contributed by atoms with van der Waals surface area (Å²) in [4.78, 5) is 4.37. The van der Waals surface area contributed by atoms with Crippen molar-refractivity contribution in [2.75, 3.05) is 6.26 Å². The lowest BCUT2D eigenvalue weighted by Gasteiger charge is -2.12. The third kappa shape index (κ3) is 1.83. The average Bonchev–Trinajstić information content (AvgIpc) is 2.32. The molecule has 0 aliphatic rings. The molecule has 0 fully saturated rings. The van der Waals surface area contributed by atoms with Gasteiger partial charge in [0.1, 0.15) is 5.82 Å². The minimum Gasteiger partial charge on any atom is -0.329 e. The molecule has 3 heteroatoms. The minimum atomic E-state index is 0.523. The summed E-state index contributed by atoms with van der Waals surface area (Å²) in [5.41, 5.74) is 1.26. The Hall–Kier alpha value is -0.440. The molecular weight excluding hydrogens is 168 g/mol. The largest absolute Gasteiger partial charge is 0.329 e. The SMILES string of the molecule is CSCc1ncc(C)n1C(C)C. The van der Waals surface area contributed by atoms with Crippen molar-refractivity contribution in [2.24, 2.45) is 0 Å².